The van der Waals surface area contributed by atoms with E-state index in [1.54, 1.807) is 0 Å². The summed E-state index contributed by atoms with van der Waals surface area (Å²) in [6.45, 7) is 9.51. The first-order valence-electron chi connectivity index (χ1n) is 20.2. The number of fused-ring (bicyclic) bond motifs is 6. The van der Waals surface area contributed by atoms with E-state index in [4.69, 9.17) is 0 Å². The number of benzene rings is 9. The van der Waals surface area contributed by atoms with Gasteiger partial charge in [0.1, 0.15) is 0 Å². The second kappa shape index (κ2) is 12.4. The van der Waals surface area contributed by atoms with Crippen molar-refractivity contribution in [1.29, 1.82) is 0 Å². The molecule has 0 unspecified atom stereocenters. The molecule has 0 N–H and O–H groups in total. The van der Waals surface area contributed by atoms with Gasteiger partial charge in [-0.2, -0.15) is 0 Å². The highest BCUT2D eigenvalue weighted by atomic mass is 15.1. The Morgan fingerprint density at radius 1 is 0.333 bits per heavy atom. The Balaban J connectivity index is 1.05. The number of anilines is 3. The fourth-order valence-electron chi connectivity index (χ4n) is 10.1. The lowest BCUT2D eigenvalue weighted by Crippen LogP contribution is -2.24. The molecule has 9 aromatic rings. The predicted octanol–water partition coefficient (Wildman–Crippen LogP) is 15.4. The van der Waals surface area contributed by atoms with Crippen LogP contribution in [0, 0.1) is 0 Å². The number of nitrogens with zero attached hydrogens (tertiary/aromatic N) is 1. The van der Waals surface area contributed by atoms with E-state index in [-0.39, 0.29) is 10.8 Å². The molecule has 0 aliphatic heterocycles. The molecule has 0 spiro atoms. The van der Waals surface area contributed by atoms with Crippen LogP contribution in [-0.4, -0.2) is 0 Å². The highest BCUT2D eigenvalue weighted by Gasteiger charge is 2.37. The van der Waals surface area contributed by atoms with Gasteiger partial charge in [-0.25, -0.2) is 0 Å². The van der Waals surface area contributed by atoms with Crippen LogP contribution in [0.5, 0.6) is 0 Å². The van der Waals surface area contributed by atoms with Gasteiger partial charge in [-0.3, -0.25) is 0 Å². The normalized spacial score (nSPS) is 14.2. The average Bonchev–Trinajstić information content (AvgIpc) is 3.48. The minimum atomic E-state index is -0.174. The summed E-state index contributed by atoms with van der Waals surface area (Å²) in [7, 11) is 0. The molecule has 272 valence electrons. The molecule has 2 aliphatic carbocycles. The third-order valence-corrected chi connectivity index (χ3v) is 13.1. The summed E-state index contributed by atoms with van der Waals surface area (Å²) in [6.07, 6.45) is 0. The van der Waals surface area contributed by atoms with Crippen molar-refractivity contribution in [3.63, 3.8) is 0 Å². The summed E-state index contributed by atoms with van der Waals surface area (Å²) in [6, 6.07) is 70.0. The van der Waals surface area contributed by atoms with Crippen LogP contribution in [0.2, 0.25) is 0 Å². The van der Waals surface area contributed by atoms with Gasteiger partial charge in [0.25, 0.3) is 0 Å². The molecule has 9 aromatic carbocycles. The second-order valence-electron chi connectivity index (χ2n) is 16.9. The SMILES string of the molecule is CC1(C)c2ccccc2-c2ccc(N(c3ccccc3)c3ccc(-c4ccc5cccc6c5c4-c4ccc(-c5cccc7ccccc57)cc4C6(C)C)cc3)cc21. The Morgan fingerprint density at radius 2 is 0.895 bits per heavy atom. The highest BCUT2D eigenvalue weighted by molar-refractivity contribution is 6.10. The van der Waals surface area contributed by atoms with Crippen LogP contribution in [0.3, 0.4) is 0 Å². The van der Waals surface area contributed by atoms with E-state index in [0.29, 0.717) is 0 Å². The first kappa shape index (κ1) is 33.6. The quantitative estimate of drug-likeness (QED) is 0.170. The summed E-state index contributed by atoms with van der Waals surface area (Å²) < 4.78 is 0. The fraction of sp³-hybridized carbons (Fsp3) is 0.107. The van der Waals surface area contributed by atoms with Crippen molar-refractivity contribution in [3.05, 3.63) is 210 Å². The van der Waals surface area contributed by atoms with Gasteiger partial charge in [0.2, 0.25) is 0 Å². The van der Waals surface area contributed by atoms with Crippen molar-refractivity contribution < 1.29 is 0 Å². The minimum absolute atomic E-state index is 0.0784. The molecule has 1 heteroatoms. The maximum absolute atomic E-state index is 2.47. The zero-order valence-electron chi connectivity index (χ0n) is 32.8. The molecule has 0 aromatic heterocycles. The lowest BCUT2D eigenvalue weighted by Gasteiger charge is -2.36. The monoisotopic (exact) mass is 729 g/mol. The second-order valence-corrected chi connectivity index (χ2v) is 16.9. The van der Waals surface area contributed by atoms with E-state index in [1.807, 2.05) is 0 Å². The van der Waals surface area contributed by atoms with Crippen molar-refractivity contribution in [2.45, 2.75) is 38.5 Å². The molecular formula is C56H43N. The van der Waals surface area contributed by atoms with Crippen LogP contribution >= 0.6 is 0 Å². The highest BCUT2D eigenvalue weighted by Crippen LogP contribution is 2.54. The zero-order valence-corrected chi connectivity index (χ0v) is 32.8. The number of para-hydroxylation sites is 1. The molecule has 0 bridgehead atoms. The van der Waals surface area contributed by atoms with Gasteiger partial charge < -0.3 is 4.90 Å². The van der Waals surface area contributed by atoms with Crippen molar-refractivity contribution >= 4 is 38.6 Å². The zero-order chi connectivity index (χ0) is 38.5. The van der Waals surface area contributed by atoms with Crippen LogP contribution in [0.1, 0.15) is 49.9 Å². The lowest BCUT2D eigenvalue weighted by molar-refractivity contribution is 0.645. The van der Waals surface area contributed by atoms with Gasteiger partial charge in [0.05, 0.1) is 0 Å². The molecule has 0 fully saturated rings. The summed E-state index contributed by atoms with van der Waals surface area (Å²) in [5, 5.41) is 5.21. The first-order valence-corrected chi connectivity index (χ1v) is 20.2. The number of hydrogen-bond donors (Lipinski definition) is 0. The van der Waals surface area contributed by atoms with Crippen LogP contribution in [0.15, 0.2) is 188 Å². The van der Waals surface area contributed by atoms with Crippen molar-refractivity contribution in [2.24, 2.45) is 0 Å². The van der Waals surface area contributed by atoms with Gasteiger partial charge in [-0.15, -0.1) is 0 Å². The van der Waals surface area contributed by atoms with Crippen LogP contribution in [0.25, 0.3) is 66.1 Å². The van der Waals surface area contributed by atoms with E-state index in [1.165, 1.54) is 88.3 Å². The molecule has 11 rings (SSSR count). The molecule has 0 saturated heterocycles. The van der Waals surface area contributed by atoms with Gasteiger partial charge in [0, 0.05) is 27.9 Å². The third-order valence-electron chi connectivity index (χ3n) is 13.1. The fourth-order valence-corrected chi connectivity index (χ4v) is 10.1. The Hall–Kier alpha value is -6.70. The summed E-state index contributed by atoms with van der Waals surface area (Å²) in [5.41, 5.74) is 19.0. The van der Waals surface area contributed by atoms with Gasteiger partial charge >= 0.3 is 0 Å². The summed E-state index contributed by atoms with van der Waals surface area (Å²) >= 11 is 0. The Kier molecular flexibility index (Phi) is 7.32. The van der Waals surface area contributed by atoms with E-state index in [2.05, 4.69) is 221 Å². The maximum atomic E-state index is 2.47. The van der Waals surface area contributed by atoms with Gasteiger partial charge in [-0.05, 0) is 131 Å². The standard InChI is InChI=1S/C56H43N/c1-55(2)49-22-11-10-20-46(49)47-33-30-42(35-52(47)55)57(40-17-6-5-7-18-40)41-28-24-37(25-29-41)45-31-26-38-16-13-23-50-53(38)54(45)48-32-27-39(34-51(48)56(50,3)4)44-21-12-15-36-14-8-9-19-43(36)44/h5-35H,1-4H3. The van der Waals surface area contributed by atoms with E-state index < -0.39 is 0 Å². The number of hydrogen-bond acceptors (Lipinski definition) is 1. The first-order chi connectivity index (χ1) is 27.8. The molecule has 2 aliphatic rings. The summed E-state index contributed by atoms with van der Waals surface area (Å²) in [4.78, 5) is 2.40. The van der Waals surface area contributed by atoms with Crippen molar-refractivity contribution in [1.82, 2.24) is 0 Å². The molecule has 1 nitrogen and oxygen atoms in total. The number of rotatable bonds is 5. The average molecular weight is 730 g/mol. The minimum Gasteiger partial charge on any atom is -0.310 e. The molecule has 0 heterocycles. The Labute approximate surface area is 335 Å². The molecule has 0 amide bonds. The molecule has 57 heavy (non-hydrogen) atoms. The Bertz CT molecular complexity index is 3050. The van der Waals surface area contributed by atoms with Crippen LogP contribution in [0.4, 0.5) is 17.1 Å². The molecular weight excluding hydrogens is 687 g/mol. The van der Waals surface area contributed by atoms with E-state index >= 15 is 0 Å². The van der Waals surface area contributed by atoms with Crippen LogP contribution < -0.4 is 4.90 Å². The van der Waals surface area contributed by atoms with Gasteiger partial charge in [0.15, 0.2) is 0 Å². The van der Waals surface area contributed by atoms with Crippen LogP contribution in [-0.2, 0) is 10.8 Å². The maximum Gasteiger partial charge on any atom is 0.0465 e. The largest absolute Gasteiger partial charge is 0.310 e. The smallest absolute Gasteiger partial charge is 0.0465 e. The lowest BCUT2D eigenvalue weighted by atomic mass is 9.67. The third kappa shape index (κ3) is 5.02. The van der Waals surface area contributed by atoms with E-state index in [9.17, 15) is 0 Å². The van der Waals surface area contributed by atoms with Gasteiger partial charge in [-0.1, -0.05) is 173 Å². The summed E-state index contributed by atoms with van der Waals surface area (Å²) in [5.74, 6) is 0. The predicted molar refractivity (Wildman–Crippen MR) is 242 cm³/mol. The molecule has 0 atom stereocenters. The Morgan fingerprint density at radius 3 is 1.75 bits per heavy atom. The molecule has 0 saturated carbocycles. The van der Waals surface area contributed by atoms with Crippen molar-refractivity contribution in [3.8, 4) is 44.5 Å². The molecule has 0 radical (unpaired) electrons. The van der Waals surface area contributed by atoms with Crippen molar-refractivity contribution in [2.75, 3.05) is 4.90 Å². The van der Waals surface area contributed by atoms with E-state index in [0.717, 1.165) is 17.1 Å². The topological polar surface area (TPSA) is 3.24 Å².